The van der Waals surface area contributed by atoms with Gasteiger partial charge in [-0.25, -0.2) is 0 Å². The molecular formula is C8H12O3. The van der Waals surface area contributed by atoms with E-state index in [4.69, 9.17) is 14.6 Å². The molecule has 0 bridgehead atoms. The van der Waals surface area contributed by atoms with Gasteiger partial charge in [-0.3, -0.25) is 0 Å². The van der Waals surface area contributed by atoms with Crippen LogP contribution in [0, 0.1) is 0 Å². The topological polar surface area (TPSA) is 38.7 Å². The Morgan fingerprint density at radius 2 is 2.55 bits per heavy atom. The summed E-state index contributed by atoms with van der Waals surface area (Å²) in [6.07, 6.45) is 5.00. The molecule has 0 amide bonds. The maximum atomic E-state index is 9.16. The van der Waals surface area contributed by atoms with Crippen LogP contribution in [0.25, 0.3) is 0 Å². The smallest absolute Gasteiger partial charge is 0.257 e. The molecule has 1 unspecified atom stereocenters. The quantitative estimate of drug-likeness (QED) is 0.676. The molecule has 11 heavy (non-hydrogen) atoms. The van der Waals surface area contributed by atoms with E-state index in [0.29, 0.717) is 6.61 Å². The Morgan fingerprint density at radius 1 is 1.73 bits per heavy atom. The number of hydrogen-bond acceptors (Lipinski definition) is 3. The Kier molecular flexibility index (Phi) is 2.98. The highest BCUT2D eigenvalue weighted by Crippen LogP contribution is 2.10. The van der Waals surface area contributed by atoms with Gasteiger partial charge >= 0.3 is 0 Å². The van der Waals surface area contributed by atoms with Crippen LogP contribution in [0.3, 0.4) is 0 Å². The van der Waals surface area contributed by atoms with Crippen molar-refractivity contribution in [1.82, 2.24) is 0 Å². The molecule has 0 aliphatic carbocycles. The van der Waals surface area contributed by atoms with Crippen molar-refractivity contribution in [3.05, 3.63) is 24.2 Å². The molecule has 0 aromatic heterocycles. The molecule has 3 heteroatoms. The molecule has 1 heterocycles. The van der Waals surface area contributed by atoms with Crippen LogP contribution in [0.4, 0.5) is 0 Å². The molecule has 0 saturated carbocycles. The van der Waals surface area contributed by atoms with E-state index in [1.807, 2.05) is 6.92 Å². The number of allylic oxidation sites excluding steroid dienone is 2. The molecule has 0 radical (unpaired) electrons. The molecule has 0 spiro atoms. The van der Waals surface area contributed by atoms with Crippen LogP contribution in [0.15, 0.2) is 24.2 Å². The molecule has 0 saturated heterocycles. The summed E-state index contributed by atoms with van der Waals surface area (Å²) >= 11 is 0. The predicted octanol–water partition coefficient (Wildman–Crippen LogP) is 1.72. The van der Waals surface area contributed by atoms with Gasteiger partial charge in [-0.15, -0.1) is 0 Å². The average molecular weight is 156 g/mol. The number of rotatable bonds is 3. The lowest BCUT2D eigenvalue weighted by molar-refractivity contribution is -0.103. The van der Waals surface area contributed by atoms with Gasteiger partial charge in [0.2, 0.25) is 0 Å². The Labute approximate surface area is 65.9 Å². The molecular weight excluding hydrogens is 144 g/mol. The molecule has 1 aliphatic rings. The highest BCUT2D eigenvalue weighted by Gasteiger charge is 2.14. The van der Waals surface area contributed by atoms with Gasteiger partial charge in [0.05, 0.1) is 12.9 Å². The molecule has 1 atom stereocenters. The van der Waals surface area contributed by atoms with Crippen molar-refractivity contribution in [2.24, 2.45) is 0 Å². The molecule has 3 nitrogen and oxygen atoms in total. The Hall–Kier alpha value is -0.960. The van der Waals surface area contributed by atoms with Crippen LogP contribution < -0.4 is 0 Å². The fraction of sp³-hybridized carbons (Fsp3) is 0.500. The van der Waals surface area contributed by atoms with Crippen molar-refractivity contribution in [2.75, 3.05) is 6.61 Å². The molecule has 1 N–H and O–H groups in total. The number of hydrogen-bond donors (Lipinski definition) is 1. The van der Waals surface area contributed by atoms with E-state index in [2.05, 4.69) is 0 Å². The Balaban J connectivity index is 2.35. The molecule has 1 aliphatic heterocycles. The van der Waals surface area contributed by atoms with E-state index in [-0.39, 0.29) is 5.76 Å². The fourth-order valence-corrected chi connectivity index (χ4v) is 0.752. The minimum atomic E-state index is -0.597. The van der Waals surface area contributed by atoms with Gasteiger partial charge in [-0.2, -0.15) is 0 Å². The second kappa shape index (κ2) is 4.03. The zero-order valence-electron chi connectivity index (χ0n) is 6.49. The third kappa shape index (κ3) is 2.27. The summed E-state index contributed by atoms with van der Waals surface area (Å²) in [5.41, 5.74) is 0. The normalized spacial score (nSPS) is 22.6. The second-order valence-corrected chi connectivity index (χ2v) is 2.26. The van der Waals surface area contributed by atoms with Gasteiger partial charge < -0.3 is 14.6 Å². The van der Waals surface area contributed by atoms with Crippen LogP contribution >= 0.6 is 0 Å². The third-order valence-corrected chi connectivity index (χ3v) is 1.26. The van der Waals surface area contributed by atoms with Gasteiger partial charge in [0, 0.05) is 0 Å². The van der Waals surface area contributed by atoms with E-state index < -0.39 is 6.29 Å². The maximum absolute atomic E-state index is 9.16. The zero-order valence-corrected chi connectivity index (χ0v) is 6.49. The lowest BCUT2D eigenvalue weighted by Crippen LogP contribution is -2.19. The summed E-state index contributed by atoms with van der Waals surface area (Å²) in [6.45, 7) is 2.59. The van der Waals surface area contributed by atoms with E-state index in [1.165, 1.54) is 6.26 Å². The van der Waals surface area contributed by atoms with Crippen LogP contribution in [0.2, 0.25) is 0 Å². The highest BCUT2D eigenvalue weighted by molar-refractivity contribution is 5.10. The first-order valence-corrected chi connectivity index (χ1v) is 3.67. The Morgan fingerprint density at radius 3 is 3.18 bits per heavy atom. The summed E-state index contributed by atoms with van der Waals surface area (Å²) in [4.78, 5) is 0. The number of aliphatic hydroxyl groups is 1. The molecule has 1 rings (SSSR count). The van der Waals surface area contributed by atoms with Crippen molar-refractivity contribution in [3.8, 4) is 0 Å². The molecule has 62 valence electrons. The SMILES string of the molecule is CCCOC1OC=CC=C1O. The maximum Gasteiger partial charge on any atom is 0.257 e. The van der Waals surface area contributed by atoms with Gasteiger partial charge in [-0.1, -0.05) is 6.92 Å². The average Bonchev–Trinajstić information content (AvgIpc) is 2.03. The minimum Gasteiger partial charge on any atom is -0.506 e. The fourth-order valence-electron chi connectivity index (χ4n) is 0.752. The predicted molar refractivity (Wildman–Crippen MR) is 41.0 cm³/mol. The number of ether oxygens (including phenoxy) is 2. The van der Waals surface area contributed by atoms with Crippen LogP contribution in [-0.4, -0.2) is 18.0 Å². The van der Waals surface area contributed by atoms with Gasteiger partial charge in [0.25, 0.3) is 6.29 Å². The van der Waals surface area contributed by atoms with E-state index in [0.717, 1.165) is 6.42 Å². The monoisotopic (exact) mass is 156 g/mol. The van der Waals surface area contributed by atoms with Gasteiger partial charge in [0.1, 0.15) is 0 Å². The zero-order chi connectivity index (χ0) is 8.10. The highest BCUT2D eigenvalue weighted by atomic mass is 16.7. The van der Waals surface area contributed by atoms with Crippen LogP contribution in [0.1, 0.15) is 13.3 Å². The largest absolute Gasteiger partial charge is 0.506 e. The van der Waals surface area contributed by atoms with Crippen LogP contribution in [0.5, 0.6) is 0 Å². The molecule has 0 aromatic rings. The van der Waals surface area contributed by atoms with Gasteiger partial charge in [-0.05, 0) is 18.6 Å². The molecule has 0 fully saturated rings. The second-order valence-electron chi connectivity index (χ2n) is 2.26. The summed E-state index contributed by atoms with van der Waals surface area (Å²) < 4.78 is 10.1. The number of aliphatic hydroxyl groups excluding tert-OH is 1. The first kappa shape index (κ1) is 8.14. The van der Waals surface area contributed by atoms with E-state index in [9.17, 15) is 0 Å². The summed E-state index contributed by atoms with van der Waals surface area (Å²) in [7, 11) is 0. The van der Waals surface area contributed by atoms with Crippen molar-refractivity contribution in [1.29, 1.82) is 0 Å². The summed E-state index contributed by atoms with van der Waals surface area (Å²) in [5.74, 6) is 0.126. The molecule has 0 aromatic carbocycles. The Bertz CT molecular complexity index is 172. The van der Waals surface area contributed by atoms with Gasteiger partial charge in [0.15, 0.2) is 5.76 Å². The minimum absolute atomic E-state index is 0.126. The van der Waals surface area contributed by atoms with Crippen molar-refractivity contribution in [3.63, 3.8) is 0 Å². The first-order valence-electron chi connectivity index (χ1n) is 3.67. The third-order valence-electron chi connectivity index (χ3n) is 1.26. The van der Waals surface area contributed by atoms with Crippen LogP contribution in [-0.2, 0) is 9.47 Å². The van der Waals surface area contributed by atoms with E-state index >= 15 is 0 Å². The summed E-state index contributed by atoms with van der Waals surface area (Å²) in [5, 5.41) is 9.16. The first-order chi connectivity index (χ1) is 5.34. The lowest BCUT2D eigenvalue weighted by atomic mass is 10.4. The van der Waals surface area contributed by atoms with Crippen molar-refractivity contribution >= 4 is 0 Å². The van der Waals surface area contributed by atoms with Crippen molar-refractivity contribution < 1.29 is 14.6 Å². The summed E-state index contributed by atoms with van der Waals surface area (Å²) in [6, 6.07) is 0. The van der Waals surface area contributed by atoms with E-state index in [1.54, 1.807) is 12.2 Å². The standard InChI is InChI=1S/C8H12O3/c1-2-5-10-8-7(9)4-3-6-11-8/h3-4,6,8-9H,2,5H2,1H3. The van der Waals surface area contributed by atoms with Crippen molar-refractivity contribution in [2.45, 2.75) is 19.6 Å². The lowest BCUT2D eigenvalue weighted by Gasteiger charge is -2.17.